The largest absolute Gasteiger partial charge is 0.495 e. The first kappa shape index (κ1) is 19.4. The minimum atomic E-state index is -4.01. The maximum atomic E-state index is 12.5. The minimum absolute atomic E-state index is 0.0957. The Morgan fingerprint density at radius 2 is 1.96 bits per heavy atom. The normalized spacial score (nSPS) is 11.9. The Labute approximate surface area is 154 Å². The number of aromatic nitrogens is 2. The highest BCUT2D eigenvalue weighted by molar-refractivity contribution is 7.94. The van der Waals surface area contributed by atoms with Crippen LogP contribution in [0.25, 0.3) is 0 Å². The molecule has 2 N–H and O–H groups in total. The molecule has 8 nitrogen and oxygen atoms in total. The summed E-state index contributed by atoms with van der Waals surface area (Å²) in [6.07, 6.45) is 0. The SMILES string of the molecule is COc1ccc(Cl)cc1NS(=O)(=O)c1nnc(NC(=O)C(C)(C)C)s1. The zero-order valence-corrected chi connectivity index (χ0v) is 16.3. The van der Waals surface area contributed by atoms with E-state index >= 15 is 0 Å². The lowest BCUT2D eigenvalue weighted by atomic mass is 9.96. The maximum absolute atomic E-state index is 12.5. The standard InChI is InChI=1S/C14H17ClN4O4S2/c1-14(2,3)11(20)16-12-17-18-13(24-12)25(21,22)19-9-7-8(15)5-6-10(9)23-4/h5-7,19H,1-4H3,(H,16,17,20). The maximum Gasteiger partial charge on any atom is 0.291 e. The van der Waals surface area contributed by atoms with Crippen molar-refractivity contribution in [3.8, 4) is 5.75 Å². The molecule has 1 amide bonds. The smallest absolute Gasteiger partial charge is 0.291 e. The number of hydrogen-bond donors (Lipinski definition) is 2. The van der Waals surface area contributed by atoms with E-state index in [0.29, 0.717) is 10.8 Å². The lowest BCUT2D eigenvalue weighted by molar-refractivity contribution is -0.123. The van der Waals surface area contributed by atoms with Gasteiger partial charge in [-0.05, 0) is 18.2 Å². The van der Waals surface area contributed by atoms with Gasteiger partial charge in [-0.25, -0.2) is 0 Å². The van der Waals surface area contributed by atoms with Crippen LogP contribution in [-0.2, 0) is 14.8 Å². The van der Waals surface area contributed by atoms with Gasteiger partial charge in [0.1, 0.15) is 5.75 Å². The zero-order chi connectivity index (χ0) is 18.8. The third-order valence-electron chi connectivity index (χ3n) is 2.94. The molecular formula is C14H17ClN4O4S2. The molecule has 0 saturated carbocycles. The van der Waals surface area contributed by atoms with Crippen molar-refractivity contribution in [3.05, 3.63) is 23.2 Å². The fraction of sp³-hybridized carbons (Fsp3) is 0.357. The molecule has 0 aliphatic heterocycles. The molecule has 0 saturated heterocycles. The van der Waals surface area contributed by atoms with Crippen molar-refractivity contribution in [1.82, 2.24) is 10.2 Å². The number of nitrogens with one attached hydrogen (secondary N) is 2. The van der Waals surface area contributed by atoms with Gasteiger partial charge in [-0.2, -0.15) is 8.42 Å². The first-order chi connectivity index (χ1) is 11.5. The van der Waals surface area contributed by atoms with Gasteiger partial charge >= 0.3 is 0 Å². The molecule has 0 radical (unpaired) electrons. The van der Waals surface area contributed by atoms with Crippen LogP contribution in [0.3, 0.4) is 0 Å². The van der Waals surface area contributed by atoms with E-state index in [-0.39, 0.29) is 21.1 Å². The van der Waals surface area contributed by atoms with Crippen LogP contribution in [0.1, 0.15) is 20.8 Å². The van der Waals surface area contributed by atoms with E-state index in [1.165, 1.54) is 19.2 Å². The predicted molar refractivity (Wildman–Crippen MR) is 96.8 cm³/mol. The Morgan fingerprint density at radius 1 is 1.28 bits per heavy atom. The number of amides is 1. The number of carbonyl (C=O) groups excluding carboxylic acids is 1. The molecule has 2 aromatic rings. The molecule has 1 aromatic heterocycles. The molecule has 0 atom stereocenters. The van der Waals surface area contributed by atoms with Gasteiger partial charge in [-0.15, -0.1) is 10.2 Å². The number of hydrogen-bond acceptors (Lipinski definition) is 7. The Bertz CT molecular complexity index is 890. The molecule has 0 spiro atoms. The van der Waals surface area contributed by atoms with Crippen LogP contribution >= 0.6 is 22.9 Å². The predicted octanol–water partition coefficient (Wildman–Crippen LogP) is 2.99. The lowest BCUT2D eigenvalue weighted by Crippen LogP contribution is -2.27. The average molecular weight is 405 g/mol. The van der Waals surface area contributed by atoms with E-state index in [0.717, 1.165) is 11.3 Å². The van der Waals surface area contributed by atoms with Crippen molar-refractivity contribution in [1.29, 1.82) is 0 Å². The summed E-state index contributed by atoms with van der Waals surface area (Å²) in [6, 6.07) is 4.53. The number of ether oxygens (including phenoxy) is 1. The summed E-state index contributed by atoms with van der Waals surface area (Å²) in [7, 11) is -2.60. The van der Waals surface area contributed by atoms with E-state index in [1.54, 1.807) is 26.8 Å². The Hall–Kier alpha value is -1.91. The summed E-state index contributed by atoms with van der Waals surface area (Å²) in [5.74, 6) is 0.0100. The van der Waals surface area contributed by atoms with E-state index < -0.39 is 15.4 Å². The Kier molecular flexibility index (Phi) is 5.55. The van der Waals surface area contributed by atoms with Crippen LogP contribution < -0.4 is 14.8 Å². The summed E-state index contributed by atoms with van der Waals surface area (Å²) in [5.41, 5.74) is -0.470. The molecule has 136 valence electrons. The van der Waals surface area contributed by atoms with Gasteiger partial charge in [0.25, 0.3) is 14.4 Å². The van der Waals surface area contributed by atoms with Crippen LogP contribution in [0.2, 0.25) is 5.02 Å². The quantitative estimate of drug-likeness (QED) is 0.741. The van der Waals surface area contributed by atoms with Gasteiger partial charge in [-0.3, -0.25) is 9.52 Å². The third-order valence-corrected chi connectivity index (χ3v) is 5.75. The van der Waals surface area contributed by atoms with Crippen molar-refractivity contribution < 1.29 is 17.9 Å². The summed E-state index contributed by atoms with van der Waals surface area (Å²) in [4.78, 5) is 11.9. The molecule has 0 unspecified atom stereocenters. The zero-order valence-electron chi connectivity index (χ0n) is 14.0. The van der Waals surface area contributed by atoms with E-state index in [4.69, 9.17) is 16.3 Å². The second kappa shape index (κ2) is 7.14. The summed E-state index contributed by atoms with van der Waals surface area (Å²) in [5, 5.41) is 10.3. The Balaban J connectivity index is 2.24. The molecule has 0 aliphatic carbocycles. The van der Waals surface area contributed by atoms with Crippen molar-refractivity contribution in [2.24, 2.45) is 5.41 Å². The monoisotopic (exact) mass is 404 g/mol. The fourth-order valence-electron chi connectivity index (χ4n) is 1.60. The first-order valence-corrected chi connectivity index (χ1v) is 9.72. The van der Waals surface area contributed by atoms with Gasteiger partial charge in [0, 0.05) is 10.4 Å². The van der Waals surface area contributed by atoms with Crippen LogP contribution in [-0.4, -0.2) is 31.6 Å². The second-order valence-electron chi connectivity index (χ2n) is 6.03. The van der Waals surface area contributed by atoms with Crippen LogP contribution in [0, 0.1) is 5.41 Å². The summed E-state index contributed by atoms with van der Waals surface area (Å²) >= 11 is 6.63. The second-order valence-corrected chi connectivity index (χ2v) is 9.30. The van der Waals surface area contributed by atoms with Crippen molar-refractivity contribution in [2.75, 3.05) is 17.1 Å². The van der Waals surface area contributed by atoms with Crippen molar-refractivity contribution in [3.63, 3.8) is 0 Å². The van der Waals surface area contributed by atoms with Gasteiger partial charge in [0.05, 0.1) is 12.8 Å². The number of carbonyl (C=O) groups is 1. The molecule has 0 aliphatic rings. The van der Waals surface area contributed by atoms with Gasteiger partial charge in [-0.1, -0.05) is 43.7 Å². The Morgan fingerprint density at radius 3 is 2.56 bits per heavy atom. The molecule has 25 heavy (non-hydrogen) atoms. The topological polar surface area (TPSA) is 110 Å². The molecule has 0 fully saturated rings. The van der Waals surface area contributed by atoms with Gasteiger partial charge < -0.3 is 10.1 Å². The molecule has 1 aromatic carbocycles. The number of halogens is 1. The highest BCUT2D eigenvalue weighted by Gasteiger charge is 2.25. The van der Waals surface area contributed by atoms with E-state index in [2.05, 4.69) is 20.2 Å². The number of benzene rings is 1. The van der Waals surface area contributed by atoms with Crippen LogP contribution in [0.15, 0.2) is 22.5 Å². The highest BCUT2D eigenvalue weighted by Crippen LogP contribution is 2.31. The van der Waals surface area contributed by atoms with Gasteiger partial charge in [0.15, 0.2) is 0 Å². The highest BCUT2D eigenvalue weighted by atomic mass is 35.5. The molecule has 11 heteroatoms. The minimum Gasteiger partial charge on any atom is -0.495 e. The number of methoxy groups -OCH3 is 1. The molecular weight excluding hydrogens is 388 g/mol. The van der Waals surface area contributed by atoms with Crippen molar-refractivity contribution in [2.45, 2.75) is 25.1 Å². The molecule has 2 rings (SSSR count). The number of nitrogens with zero attached hydrogens (tertiary/aromatic N) is 2. The average Bonchev–Trinajstić information content (AvgIpc) is 2.95. The fourth-order valence-corrected chi connectivity index (χ4v) is 3.73. The van der Waals surface area contributed by atoms with Crippen LogP contribution in [0.4, 0.5) is 10.8 Å². The molecule has 1 heterocycles. The summed E-state index contributed by atoms with van der Waals surface area (Å²) in [6.45, 7) is 5.19. The van der Waals surface area contributed by atoms with Gasteiger partial charge in [0.2, 0.25) is 11.0 Å². The lowest BCUT2D eigenvalue weighted by Gasteiger charge is -2.15. The first-order valence-electron chi connectivity index (χ1n) is 7.04. The summed E-state index contributed by atoms with van der Waals surface area (Å²) < 4.78 is 32.1. The van der Waals surface area contributed by atoms with E-state index in [1.807, 2.05) is 0 Å². The van der Waals surface area contributed by atoms with Crippen LogP contribution in [0.5, 0.6) is 5.75 Å². The number of anilines is 2. The van der Waals surface area contributed by atoms with Crippen molar-refractivity contribution >= 4 is 49.7 Å². The van der Waals surface area contributed by atoms with E-state index in [9.17, 15) is 13.2 Å². The third kappa shape index (κ3) is 4.80. The number of rotatable bonds is 5. The number of sulfonamides is 1. The molecule has 0 bridgehead atoms.